The third-order valence-corrected chi connectivity index (χ3v) is 8.14. The third-order valence-electron chi connectivity index (χ3n) is 6.54. The van der Waals surface area contributed by atoms with Crippen LogP contribution in [0.15, 0.2) is 77.5 Å². The number of halogens is 2. The number of nitro groups is 1. The minimum atomic E-state index is -0.621. The van der Waals surface area contributed by atoms with Gasteiger partial charge in [0.05, 0.1) is 30.4 Å². The third kappa shape index (κ3) is 4.59. The second-order valence-electron chi connectivity index (χ2n) is 8.78. The van der Waals surface area contributed by atoms with Crippen molar-refractivity contribution in [3.8, 4) is 5.75 Å². The van der Waals surface area contributed by atoms with Gasteiger partial charge in [0.2, 0.25) is 0 Å². The van der Waals surface area contributed by atoms with E-state index in [-0.39, 0.29) is 18.1 Å². The molecule has 1 aliphatic carbocycles. The highest BCUT2D eigenvalue weighted by molar-refractivity contribution is 14.1. The Kier molecular flexibility index (Phi) is 7.27. The van der Waals surface area contributed by atoms with Crippen LogP contribution >= 0.6 is 45.2 Å². The number of esters is 1. The normalized spacial score (nSPS) is 16.1. The van der Waals surface area contributed by atoms with Gasteiger partial charge >= 0.3 is 5.97 Å². The van der Waals surface area contributed by atoms with Crippen LogP contribution in [-0.4, -0.2) is 23.8 Å². The lowest BCUT2D eigenvalue weighted by Crippen LogP contribution is -2.29. The topological polar surface area (TPSA) is 108 Å². The molecule has 0 bridgehead atoms. The summed E-state index contributed by atoms with van der Waals surface area (Å²) in [6, 6.07) is 17.5. The van der Waals surface area contributed by atoms with Crippen LogP contribution in [0.5, 0.6) is 5.75 Å². The minimum absolute atomic E-state index is 0.0197. The molecule has 1 aliphatic heterocycles. The highest BCUT2D eigenvalue weighted by Crippen LogP contribution is 2.48. The first-order chi connectivity index (χ1) is 18.2. The van der Waals surface area contributed by atoms with E-state index in [9.17, 15) is 19.7 Å². The molecule has 0 saturated carbocycles. The number of methoxy groups -OCH3 is 1. The van der Waals surface area contributed by atoms with Gasteiger partial charge in [-0.3, -0.25) is 14.9 Å². The van der Waals surface area contributed by atoms with Crippen LogP contribution in [0.1, 0.15) is 39.9 Å². The maximum Gasteiger partial charge on any atom is 0.336 e. The Labute approximate surface area is 245 Å². The molecule has 0 radical (unpaired) electrons. The first-order valence-electron chi connectivity index (χ1n) is 11.5. The molecule has 2 aliphatic rings. The molecule has 0 unspecified atom stereocenters. The predicted octanol–water partition coefficient (Wildman–Crippen LogP) is 6.12. The molecule has 10 heteroatoms. The average Bonchev–Trinajstić information content (AvgIpc) is 3.18. The van der Waals surface area contributed by atoms with E-state index in [1.807, 2.05) is 37.3 Å². The van der Waals surface area contributed by atoms with E-state index in [2.05, 4.69) is 50.5 Å². The van der Waals surface area contributed by atoms with E-state index in [0.717, 1.165) is 23.8 Å². The van der Waals surface area contributed by atoms with Crippen LogP contribution < -0.4 is 10.1 Å². The number of nitro benzene ring substituents is 1. The van der Waals surface area contributed by atoms with E-state index in [1.54, 1.807) is 18.2 Å². The number of carbonyl (C=O) groups excluding carboxylic acids is 2. The molecule has 0 amide bonds. The molecule has 1 N–H and O–H groups in total. The van der Waals surface area contributed by atoms with Crippen molar-refractivity contribution in [2.75, 3.05) is 7.11 Å². The van der Waals surface area contributed by atoms with Gasteiger partial charge in [-0.05, 0) is 87.5 Å². The highest BCUT2D eigenvalue weighted by atomic mass is 127. The number of hydrogen-bond acceptors (Lipinski definition) is 7. The summed E-state index contributed by atoms with van der Waals surface area (Å²) in [5, 5.41) is 14.2. The molecule has 0 saturated heterocycles. The Bertz CT molecular complexity index is 1550. The van der Waals surface area contributed by atoms with Crippen molar-refractivity contribution < 1.29 is 24.0 Å². The van der Waals surface area contributed by atoms with E-state index < -0.39 is 16.8 Å². The first kappa shape index (κ1) is 26.4. The van der Waals surface area contributed by atoms with Gasteiger partial charge in [0, 0.05) is 40.4 Å². The number of fused-ring (bicyclic) bond motifs is 2. The molecule has 3 aromatic carbocycles. The minimum Gasteiger partial charge on any atom is -0.487 e. The molecule has 1 atom stereocenters. The van der Waals surface area contributed by atoms with Gasteiger partial charge in [-0.1, -0.05) is 24.3 Å². The molecule has 192 valence electrons. The standard InChI is InChI=1S/C28H20I2N2O6/c1-14-22(28(34)37-2)23(24-25(31-14)18-5-3-4-6-19(18)26(24)33)16-11-20(29)27(21(30)12-16)38-13-15-7-9-17(10-8-15)32(35)36/h3-12,23,31H,13H2,1-2H3/t23-/m0/s1. The maximum atomic E-state index is 13.6. The van der Waals surface area contributed by atoms with E-state index in [0.29, 0.717) is 33.9 Å². The Hall–Kier alpha value is -3.26. The number of ketones is 1. The SMILES string of the molecule is COC(=O)C1=C(C)NC2=C(C(=O)c3ccccc32)[C@H]1c1cc(I)c(OCc2ccc([N+](=O)[O-])cc2)c(I)c1. The summed E-state index contributed by atoms with van der Waals surface area (Å²) in [5.74, 6) is -0.591. The molecular weight excluding hydrogens is 714 g/mol. The van der Waals surface area contributed by atoms with E-state index in [1.165, 1.54) is 19.2 Å². The second kappa shape index (κ2) is 10.5. The van der Waals surface area contributed by atoms with Crippen LogP contribution in [0, 0.1) is 17.3 Å². The second-order valence-corrected chi connectivity index (χ2v) is 11.1. The lowest BCUT2D eigenvalue weighted by Gasteiger charge is -2.29. The number of benzene rings is 3. The number of rotatable bonds is 6. The molecule has 0 fully saturated rings. The molecule has 3 aromatic rings. The van der Waals surface area contributed by atoms with Crippen molar-refractivity contribution >= 4 is 68.3 Å². The average molecular weight is 734 g/mol. The van der Waals surface area contributed by atoms with Crippen molar-refractivity contribution in [2.24, 2.45) is 0 Å². The molecular formula is C28H20I2N2O6. The summed E-state index contributed by atoms with van der Waals surface area (Å²) in [6.45, 7) is 2.04. The van der Waals surface area contributed by atoms with Crippen LogP contribution in [0.2, 0.25) is 0 Å². The largest absolute Gasteiger partial charge is 0.487 e. The summed E-state index contributed by atoms with van der Waals surface area (Å²) >= 11 is 4.36. The van der Waals surface area contributed by atoms with Crippen molar-refractivity contribution in [3.05, 3.63) is 117 Å². The Balaban J connectivity index is 1.53. The van der Waals surface area contributed by atoms with Crippen LogP contribution in [0.4, 0.5) is 5.69 Å². The quantitative estimate of drug-likeness (QED) is 0.141. The van der Waals surface area contributed by atoms with Crippen LogP contribution in [0.3, 0.4) is 0 Å². The smallest absolute Gasteiger partial charge is 0.336 e. The van der Waals surface area contributed by atoms with Gasteiger partial charge < -0.3 is 14.8 Å². The summed E-state index contributed by atoms with van der Waals surface area (Å²) in [5.41, 5.74) is 5.25. The monoisotopic (exact) mass is 734 g/mol. The van der Waals surface area contributed by atoms with E-state index >= 15 is 0 Å². The molecule has 0 spiro atoms. The highest BCUT2D eigenvalue weighted by Gasteiger charge is 2.43. The van der Waals surface area contributed by atoms with Crippen molar-refractivity contribution in [3.63, 3.8) is 0 Å². The van der Waals surface area contributed by atoms with Gasteiger partial charge in [-0.15, -0.1) is 0 Å². The summed E-state index contributed by atoms with van der Waals surface area (Å²) < 4.78 is 12.8. The number of ether oxygens (including phenoxy) is 2. The Morgan fingerprint density at radius 1 is 1.05 bits per heavy atom. The molecule has 1 heterocycles. The van der Waals surface area contributed by atoms with Gasteiger partial charge in [0.1, 0.15) is 12.4 Å². The fourth-order valence-electron chi connectivity index (χ4n) is 4.80. The summed E-state index contributed by atoms with van der Waals surface area (Å²) in [7, 11) is 1.33. The Morgan fingerprint density at radius 3 is 2.29 bits per heavy atom. The summed E-state index contributed by atoms with van der Waals surface area (Å²) in [4.78, 5) is 37.0. The van der Waals surface area contributed by atoms with Gasteiger partial charge in [-0.25, -0.2) is 4.79 Å². The van der Waals surface area contributed by atoms with E-state index in [4.69, 9.17) is 9.47 Å². The van der Waals surface area contributed by atoms with Crippen molar-refractivity contribution in [2.45, 2.75) is 19.4 Å². The number of Topliss-reactive ketones (excluding diaryl/α,β-unsaturated/α-hetero) is 1. The van der Waals surface area contributed by atoms with Crippen molar-refractivity contribution in [1.29, 1.82) is 0 Å². The lowest BCUT2D eigenvalue weighted by molar-refractivity contribution is -0.384. The number of non-ortho nitro benzene ring substituents is 1. The fraction of sp³-hybridized carbons (Fsp3) is 0.143. The Morgan fingerprint density at radius 2 is 1.68 bits per heavy atom. The summed E-state index contributed by atoms with van der Waals surface area (Å²) in [6.07, 6.45) is 0. The molecule has 0 aromatic heterocycles. The number of hydrogen-bond donors (Lipinski definition) is 1. The zero-order chi connectivity index (χ0) is 27.1. The van der Waals surface area contributed by atoms with Gasteiger partial charge in [0.15, 0.2) is 5.78 Å². The number of allylic oxidation sites excluding steroid dienone is 2. The predicted molar refractivity (Wildman–Crippen MR) is 158 cm³/mol. The first-order valence-corrected chi connectivity index (χ1v) is 13.7. The van der Waals surface area contributed by atoms with Gasteiger partial charge in [0.25, 0.3) is 5.69 Å². The maximum absolute atomic E-state index is 13.6. The fourth-order valence-corrected chi connectivity index (χ4v) is 6.92. The number of carbonyl (C=O) groups is 2. The zero-order valence-electron chi connectivity index (χ0n) is 20.2. The van der Waals surface area contributed by atoms with Crippen LogP contribution in [-0.2, 0) is 16.1 Å². The lowest BCUT2D eigenvalue weighted by atomic mass is 9.80. The number of nitrogens with zero attached hydrogens (tertiary/aromatic N) is 1. The van der Waals surface area contributed by atoms with Crippen LogP contribution in [0.25, 0.3) is 5.70 Å². The number of dihydropyridines is 1. The molecule has 38 heavy (non-hydrogen) atoms. The molecule has 8 nitrogen and oxygen atoms in total. The molecule has 5 rings (SSSR count). The zero-order valence-corrected chi connectivity index (χ0v) is 24.5. The van der Waals surface area contributed by atoms with Crippen molar-refractivity contribution in [1.82, 2.24) is 5.32 Å². The van der Waals surface area contributed by atoms with Gasteiger partial charge in [-0.2, -0.15) is 0 Å². The number of nitrogens with one attached hydrogen (secondary N) is 1.